The van der Waals surface area contributed by atoms with Crippen molar-refractivity contribution in [3.63, 3.8) is 0 Å². The number of benzene rings is 1. The van der Waals surface area contributed by atoms with Gasteiger partial charge in [0.15, 0.2) is 0 Å². The molecular weight excluding hydrogens is 318 g/mol. The van der Waals surface area contributed by atoms with Gasteiger partial charge in [0, 0.05) is 28.4 Å². The van der Waals surface area contributed by atoms with Gasteiger partial charge in [-0.2, -0.15) is 0 Å². The minimum absolute atomic E-state index is 0.199. The van der Waals surface area contributed by atoms with Gasteiger partial charge in [0.2, 0.25) is 0 Å². The van der Waals surface area contributed by atoms with Gasteiger partial charge in [-0.25, -0.2) is 0 Å². The Hall–Kier alpha value is -2.27. The molecule has 2 aromatic heterocycles. The molecule has 0 radical (unpaired) electrons. The zero-order valence-electron chi connectivity index (χ0n) is 10.4. The largest absolute Gasteiger partial charge is 0.321 e. The Morgan fingerprint density at radius 1 is 1.15 bits per heavy atom. The van der Waals surface area contributed by atoms with E-state index in [-0.39, 0.29) is 5.91 Å². The number of halogens is 1. The number of hydrogen-bond donors (Lipinski definition) is 1. The highest BCUT2D eigenvalue weighted by molar-refractivity contribution is 9.10. The second-order valence-electron chi connectivity index (χ2n) is 4.22. The molecule has 5 heteroatoms. The second kappa shape index (κ2) is 5.38. The molecule has 0 aliphatic heterocycles. The monoisotopic (exact) mass is 327 g/mol. The molecule has 20 heavy (non-hydrogen) atoms. The highest BCUT2D eigenvalue weighted by atomic mass is 79.9. The number of carbonyl (C=O) groups excluding carboxylic acids is 1. The van der Waals surface area contributed by atoms with Crippen molar-refractivity contribution in [2.75, 3.05) is 5.32 Å². The summed E-state index contributed by atoms with van der Waals surface area (Å²) in [6.45, 7) is 0. The van der Waals surface area contributed by atoms with E-state index in [1.54, 1.807) is 24.5 Å². The van der Waals surface area contributed by atoms with E-state index in [4.69, 9.17) is 0 Å². The molecule has 2 heterocycles. The maximum absolute atomic E-state index is 12.2. The van der Waals surface area contributed by atoms with Gasteiger partial charge in [0.25, 0.3) is 5.91 Å². The third kappa shape index (κ3) is 2.53. The highest BCUT2D eigenvalue weighted by Crippen LogP contribution is 2.21. The van der Waals surface area contributed by atoms with Crippen LogP contribution in [-0.2, 0) is 0 Å². The van der Waals surface area contributed by atoms with Crippen LogP contribution in [0.4, 0.5) is 5.69 Å². The summed E-state index contributed by atoms with van der Waals surface area (Å²) in [5.74, 6) is -0.199. The molecule has 1 amide bonds. The third-order valence-electron chi connectivity index (χ3n) is 2.86. The summed E-state index contributed by atoms with van der Waals surface area (Å²) in [4.78, 5) is 20.5. The van der Waals surface area contributed by atoms with Gasteiger partial charge >= 0.3 is 0 Å². The van der Waals surface area contributed by atoms with Gasteiger partial charge in [-0.3, -0.25) is 14.8 Å². The Bertz CT molecular complexity index is 783. The predicted molar refractivity (Wildman–Crippen MR) is 81.6 cm³/mol. The summed E-state index contributed by atoms with van der Waals surface area (Å²) in [6.07, 6.45) is 4.85. The highest BCUT2D eigenvalue weighted by Gasteiger charge is 2.09. The molecule has 0 aliphatic carbocycles. The van der Waals surface area contributed by atoms with Crippen molar-refractivity contribution in [3.05, 3.63) is 65.0 Å². The number of hydrogen-bond acceptors (Lipinski definition) is 3. The number of carbonyl (C=O) groups is 1. The van der Waals surface area contributed by atoms with Crippen LogP contribution in [0.3, 0.4) is 0 Å². The maximum atomic E-state index is 12.2. The van der Waals surface area contributed by atoms with Crippen molar-refractivity contribution in [2.24, 2.45) is 0 Å². The van der Waals surface area contributed by atoms with Crippen molar-refractivity contribution < 1.29 is 4.79 Å². The molecule has 3 rings (SSSR count). The van der Waals surface area contributed by atoms with E-state index in [2.05, 4.69) is 31.2 Å². The zero-order chi connectivity index (χ0) is 13.9. The fourth-order valence-corrected chi connectivity index (χ4v) is 2.30. The normalized spacial score (nSPS) is 10.4. The van der Waals surface area contributed by atoms with Crippen LogP contribution in [0.2, 0.25) is 0 Å². The summed E-state index contributed by atoms with van der Waals surface area (Å²) in [5, 5.41) is 3.80. The number of aromatic nitrogens is 2. The van der Waals surface area contributed by atoms with Crippen LogP contribution < -0.4 is 5.32 Å². The smallest absolute Gasteiger partial charge is 0.257 e. The molecule has 1 N–H and O–H groups in total. The lowest BCUT2D eigenvalue weighted by atomic mass is 10.2. The average molecular weight is 328 g/mol. The summed E-state index contributed by atoms with van der Waals surface area (Å²) < 4.78 is 0.768. The van der Waals surface area contributed by atoms with Crippen LogP contribution in [-0.4, -0.2) is 15.9 Å². The number of fused-ring (bicyclic) bond motifs is 1. The number of rotatable bonds is 2. The van der Waals surface area contributed by atoms with E-state index in [0.717, 1.165) is 21.1 Å². The molecule has 0 fully saturated rings. The minimum atomic E-state index is -0.199. The molecule has 0 atom stereocenters. The van der Waals surface area contributed by atoms with E-state index in [0.29, 0.717) is 5.56 Å². The zero-order valence-corrected chi connectivity index (χ0v) is 12.0. The predicted octanol–water partition coefficient (Wildman–Crippen LogP) is 3.64. The van der Waals surface area contributed by atoms with Crippen molar-refractivity contribution in [2.45, 2.75) is 0 Å². The van der Waals surface area contributed by atoms with Gasteiger partial charge in [0.05, 0.1) is 16.8 Å². The lowest BCUT2D eigenvalue weighted by molar-refractivity contribution is 0.102. The number of para-hydroxylation sites is 1. The summed E-state index contributed by atoms with van der Waals surface area (Å²) in [7, 11) is 0. The van der Waals surface area contributed by atoms with Crippen LogP contribution in [0.5, 0.6) is 0 Å². The number of nitrogens with one attached hydrogen (secondary N) is 1. The van der Waals surface area contributed by atoms with Gasteiger partial charge in [-0.1, -0.05) is 18.2 Å². The fraction of sp³-hybridized carbons (Fsp3) is 0. The number of pyridine rings is 2. The maximum Gasteiger partial charge on any atom is 0.257 e. The molecule has 4 nitrogen and oxygen atoms in total. The van der Waals surface area contributed by atoms with E-state index in [1.165, 1.54) is 6.20 Å². The molecule has 3 aromatic rings. The van der Waals surface area contributed by atoms with Gasteiger partial charge in [-0.15, -0.1) is 0 Å². The SMILES string of the molecule is O=C(Nc1ccnc2ccccc12)c1cncc(Br)c1. The van der Waals surface area contributed by atoms with Crippen molar-refractivity contribution in [3.8, 4) is 0 Å². The molecule has 0 saturated carbocycles. The lowest BCUT2D eigenvalue weighted by Gasteiger charge is -2.08. The Morgan fingerprint density at radius 3 is 2.85 bits per heavy atom. The van der Waals surface area contributed by atoms with Crippen molar-refractivity contribution in [1.82, 2.24) is 9.97 Å². The van der Waals surface area contributed by atoms with Crippen LogP contribution in [0.1, 0.15) is 10.4 Å². The Kier molecular flexibility index (Phi) is 3.43. The second-order valence-corrected chi connectivity index (χ2v) is 5.14. The van der Waals surface area contributed by atoms with Gasteiger partial charge < -0.3 is 5.32 Å². The summed E-state index contributed by atoms with van der Waals surface area (Å²) in [6, 6.07) is 11.2. The number of nitrogens with zero attached hydrogens (tertiary/aromatic N) is 2. The Balaban J connectivity index is 1.95. The quantitative estimate of drug-likeness (QED) is 0.781. The van der Waals surface area contributed by atoms with Crippen molar-refractivity contribution in [1.29, 1.82) is 0 Å². The molecule has 98 valence electrons. The minimum Gasteiger partial charge on any atom is -0.321 e. The molecule has 0 aliphatic rings. The number of anilines is 1. The fourth-order valence-electron chi connectivity index (χ4n) is 1.94. The van der Waals surface area contributed by atoms with E-state index < -0.39 is 0 Å². The van der Waals surface area contributed by atoms with Gasteiger partial charge in [0.1, 0.15) is 0 Å². The lowest BCUT2D eigenvalue weighted by Crippen LogP contribution is -2.12. The van der Waals surface area contributed by atoms with Crippen LogP contribution in [0, 0.1) is 0 Å². The first kappa shape index (κ1) is 12.7. The van der Waals surface area contributed by atoms with Crippen LogP contribution in [0.25, 0.3) is 10.9 Å². The topological polar surface area (TPSA) is 54.9 Å². The van der Waals surface area contributed by atoms with Gasteiger partial charge in [-0.05, 0) is 34.1 Å². The summed E-state index contributed by atoms with van der Waals surface area (Å²) in [5.41, 5.74) is 2.08. The van der Waals surface area contributed by atoms with Crippen LogP contribution >= 0.6 is 15.9 Å². The van der Waals surface area contributed by atoms with Crippen molar-refractivity contribution >= 4 is 38.4 Å². The molecular formula is C15H10BrN3O. The average Bonchev–Trinajstić information content (AvgIpc) is 2.47. The number of amides is 1. The first-order valence-electron chi connectivity index (χ1n) is 6.00. The molecule has 0 spiro atoms. The third-order valence-corrected chi connectivity index (χ3v) is 3.30. The standard InChI is InChI=1S/C15H10BrN3O/c16-11-7-10(8-17-9-11)15(20)19-14-5-6-18-13-4-2-1-3-12(13)14/h1-9H,(H,18,19,20). The first-order chi connectivity index (χ1) is 9.74. The Labute approximate surface area is 124 Å². The Morgan fingerprint density at radius 2 is 2.00 bits per heavy atom. The molecule has 1 aromatic carbocycles. The van der Waals surface area contributed by atoms with E-state index in [9.17, 15) is 4.79 Å². The molecule has 0 unspecified atom stereocenters. The molecule has 0 saturated heterocycles. The van der Waals surface area contributed by atoms with E-state index >= 15 is 0 Å². The summed E-state index contributed by atoms with van der Waals surface area (Å²) >= 11 is 3.30. The molecule has 0 bridgehead atoms. The first-order valence-corrected chi connectivity index (χ1v) is 6.79. The van der Waals surface area contributed by atoms with E-state index in [1.807, 2.05) is 24.3 Å². The van der Waals surface area contributed by atoms with Crippen LogP contribution in [0.15, 0.2) is 59.5 Å².